The third-order valence-electron chi connectivity index (χ3n) is 7.62. The van der Waals surface area contributed by atoms with Gasteiger partial charge in [-0.15, -0.1) is 4.40 Å². The number of nitrogens with one attached hydrogen (secondary N) is 2. The van der Waals surface area contributed by atoms with Gasteiger partial charge >= 0.3 is 16.2 Å². The SMILES string of the molecule is CCOC(=O)C1CCCN(S(=O)(=O)Nc2ccc3c(c2)S(=O)(=O)N=C(C2C(=O)c4cccnc4N(CCC(C)C)C2=O)N3)C1. The lowest BCUT2D eigenvalue weighted by Gasteiger charge is -2.34. The standard InChI is InChI=1S/C28H34N6O8S2/c1-4-42-28(37)18-7-6-13-33(16-18)44(40,41)31-19-9-10-21-22(15-19)43(38,39)32-25(30-21)23-24(35)20-8-5-12-29-26(20)34(27(23)36)14-11-17(2)3/h5,8-10,12,15,17-18,23,31H,4,6-7,11,13-14,16H2,1-3H3,(H,30,32). The number of aromatic nitrogens is 1. The number of amidine groups is 1. The second kappa shape index (κ2) is 12.2. The lowest BCUT2D eigenvalue weighted by atomic mass is 9.90. The number of hydrogen-bond acceptors (Lipinski definition) is 10. The summed E-state index contributed by atoms with van der Waals surface area (Å²) in [5, 5.41) is 2.83. The van der Waals surface area contributed by atoms with Crippen LogP contribution < -0.4 is 14.9 Å². The lowest BCUT2D eigenvalue weighted by Crippen LogP contribution is -2.51. The van der Waals surface area contributed by atoms with Gasteiger partial charge in [-0.25, -0.2) is 4.98 Å². The van der Waals surface area contributed by atoms with Gasteiger partial charge in [0.25, 0.3) is 10.0 Å². The van der Waals surface area contributed by atoms with Crippen LogP contribution in [0.2, 0.25) is 0 Å². The molecular weight excluding hydrogens is 612 g/mol. The van der Waals surface area contributed by atoms with Crippen molar-refractivity contribution in [3.05, 3.63) is 42.1 Å². The molecule has 44 heavy (non-hydrogen) atoms. The molecule has 1 aromatic heterocycles. The van der Waals surface area contributed by atoms with E-state index in [0.717, 1.165) is 10.4 Å². The minimum absolute atomic E-state index is 0.0320. The van der Waals surface area contributed by atoms with E-state index in [4.69, 9.17) is 4.74 Å². The Kier molecular flexibility index (Phi) is 8.77. The molecule has 0 radical (unpaired) electrons. The zero-order valence-electron chi connectivity index (χ0n) is 24.5. The largest absolute Gasteiger partial charge is 0.466 e. The summed E-state index contributed by atoms with van der Waals surface area (Å²) in [4.78, 5) is 44.6. The molecule has 0 bridgehead atoms. The number of anilines is 3. The van der Waals surface area contributed by atoms with Crippen molar-refractivity contribution in [3.63, 3.8) is 0 Å². The average molecular weight is 647 g/mol. The van der Waals surface area contributed by atoms with Gasteiger partial charge in [-0.1, -0.05) is 13.8 Å². The van der Waals surface area contributed by atoms with E-state index in [9.17, 15) is 31.2 Å². The molecule has 0 aliphatic carbocycles. The van der Waals surface area contributed by atoms with Crippen LogP contribution in [-0.2, 0) is 34.6 Å². The van der Waals surface area contributed by atoms with E-state index in [1.165, 1.54) is 29.3 Å². The number of nitrogens with zero attached hydrogens (tertiary/aromatic N) is 4. The molecule has 1 aromatic carbocycles. The van der Waals surface area contributed by atoms with E-state index >= 15 is 0 Å². The molecule has 14 nitrogen and oxygen atoms in total. The van der Waals surface area contributed by atoms with Gasteiger partial charge in [-0.05, 0) is 62.4 Å². The highest BCUT2D eigenvalue weighted by Gasteiger charge is 2.45. The van der Waals surface area contributed by atoms with Crippen molar-refractivity contribution in [2.45, 2.75) is 44.9 Å². The number of ketones is 1. The Labute approximate surface area is 256 Å². The van der Waals surface area contributed by atoms with Gasteiger partial charge in [0.2, 0.25) is 5.91 Å². The van der Waals surface area contributed by atoms with Crippen LogP contribution in [0.3, 0.4) is 0 Å². The number of hydrogen-bond donors (Lipinski definition) is 2. The van der Waals surface area contributed by atoms with Gasteiger partial charge in [0.15, 0.2) is 11.7 Å². The monoisotopic (exact) mass is 646 g/mol. The summed E-state index contributed by atoms with van der Waals surface area (Å²) in [5.74, 6) is -3.74. The highest BCUT2D eigenvalue weighted by Crippen LogP contribution is 2.36. The number of esters is 1. The number of carbonyl (C=O) groups excluding carboxylic acids is 3. The summed E-state index contributed by atoms with van der Waals surface area (Å²) < 4.78 is 65.4. The summed E-state index contributed by atoms with van der Waals surface area (Å²) in [6.07, 6.45) is 3.06. The van der Waals surface area contributed by atoms with Gasteiger partial charge in [0.1, 0.15) is 16.5 Å². The summed E-state index contributed by atoms with van der Waals surface area (Å²) in [7, 11) is -8.61. The summed E-state index contributed by atoms with van der Waals surface area (Å²) in [6.45, 7) is 6.24. The Morgan fingerprint density at radius 2 is 2.00 bits per heavy atom. The Balaban J connectivity index is 1.40. The van der Waals surface area contributed by atoms with Crippen molar-refractivity contribution < 1.29 is 36.0 Å². The van der Waals surface area contributed by atoms with Crippen molar-refractivity contribution in [3.8, 4) is 0 Å². The zero-order chi connectivity index (χ0) is 31.8. The van der Waals surface area contributed by atoms with Crippen LogP contribution in [0.15, 0.2) is 45.8 Å². The summed E-state index contributed by atoms with van der Waals surface area (Å²) in [5.41, 5.74) is 0.168. The van der Waals surface area contributed by atoms with Crippen molar-refractivity contribution in [1.82, 2.24) is 9.29 Å². The normalized spacial score (nSPS) is 21.6. The molecule has 1 saturated heterocycles. The molecular formula is C28H34N6O8S2. The highest BCUT2D eigenvalue weighted by molar-refractivity contribution is 7.91. The molecule has 236 valence electrons. The fourth-order valence-electron chi connectivity index (χ4n) is 5.37. The van der Waals surface area contributed by atoms with Crippen LogP contribution in [-0.4, -0.2) is 75.9 Å². The van der Waals surface area contributed by atoms with Gasteiger partial charge in [-0.2, -0.15) is 21.1 Å². The highest BCUT2D eigenvalue weighted by atomic mass is 32.2. The molecule has 3 aliphatic heterocycles. The molecule has 0 spiro atoms. The maximum absolute atomic E-state index is 13.6. The van der Waals surface area contributed by atoms with Crippen LogP contribution >= 0.6 is 0 Å². The topological polar surface area (TPSA) is 185 Å². The van der Waals surface area contributed by atoms with Crippen LogP contribution in [0, 0.1) is 17.8 Å². The predicted molar refractivity (Wildman–Crippen MR) is 162 cm³/mol. The van der Waals surface area contributed by atoms with E-state index in [0.29, 0.717) is 19.3 Å². The molecule has 1 fully saturated rings. The average Bonchev–Trinajstić information content (AvgIpc) is 2.97. The van der Waals surface area contributed by atoms with E-state index < -0.39 is 49.7 Å². The molecule has 2 atom stereocenters. The smallest absolute Gasteiger partial charge is 0.310 e. The fraction of sp³-hybridized carbons (Fsp3) is 0.464. The third kappa shape index (κ3) is 6.19. The van der Waals surface area contributed by atoms with Crippen LogP contribution in [0.25, 0.3) is 0 Å². The first kappa shape index (κ1) is 31.5. The van der Waals surface area contributed by atoms with E-state index in [1.807, 2.05) is 13.8 Å². The summed E-state index contributed by atoms with van der Waals surface area (Å²) in [6, 6.07) is 6.90. The number of sulfonamides is 1. The zero-order valence-corrected chi connectivity index (χ0v) is 26.2. The maximum Gasteiger partial charge on any atom is 0.310 e. The second-order valence-corrected chi connectivity index (χ2v) is 14.4. The predicted octanol–water partition coefficient (Wildman–Crippen LogP) is 2.42. The molecule has 0 saturated carbocycles. The first-order valence-corrected chi connectivity index (χ1v) is 17.2. The van der Waals surface area contributed by atoms with E-state index in [-0.39, 0.29) is 65.6 Å². The minimum atomic E-state index is -4.46. The van der Waals surface area contributed by atoms with Crippen molar-refractivity contribution >= 4 is 60.9 Å². The number of ether oxygens (including phenoxy) is 1. The molecule has 1 amide bonds. The fourth-order valence-corrected chi connectivity index (χ4v) is 7.85. The van der Waals surface area contributed by atoms with Crippen molar-refractivity contribution in [2.24, 2.45) is 22.2 Å². The molecule has 2 N–H and O–H groups in total. The first-order valence-electron chi connectivity index (χ1n) is 14.3. The lowest BCUT2D eigenvalue weighted by molar-refractivity contribution is -0.149. The second-order valence-electron chi connectivity index (χ2n) is 11.2. The van der Waals surface area contributed by atoms with Crippen molar-refractivity contribution in [2.75, 3.05) is 41.2 Å². The maximum atomic E-state index is 13.6. The number of Topliss-reactive ketones (excluding diaryl/α,β-unsaturated/α-hetero) is 1. The number of pyridine rings is 1. The molecule has 16 heteroatoms. The number of carbonyl (C=O) groups is 3. The van der Waals surface area contributed by atoms with E-state index in [1.54, 1.807) is 13.0 Å². The van der Waals surface area contributed by atoms with Gasteiger partial charge in [-0.3, -0.25) is 24.0 Å². The first-order chi connectivity index (χ1) is 20.8. The Hall–Kier alpha value is -3.89. The van der Waals surface area contributed by atoms with E-state index in [2.05, 4.69) is 19.4 Å². The number of benzene rings is 1. The molecule has 2 unspecified atom stereocenters. The Bertz CT molecular complexity index is 1740. The number of amides is 1. The number of fused-ring (bicyclic) bond motifs is 2. The van der Waals surface area contributed by atoms with Crippen molar-refractivity contribution in [1.29, 1.82) is 0 Å². The molecule has 5 rings (SSSR count). The van der Waals surface area contributed by atoms with Gasteiger partial charge < -0.3 is 10.1 Å². The van der Waals surface area contributed by atoms with Gasteiger partial charge in [0, 0.05) is 25.8 Å². The quantitative estimate of drug-likeness (QED) is 0.303. The van der Waals surface area contributed by atoms with Crippen LogP contribution in [0.5, 0.6) is 0 Å². The Morgan fingerprint density at radius 3 is 2.73 bits per heavy atom. The minimum Gasteiger partial charge on any atom is -0.466 e. The number of rotatable bonds is 9. The van der Waals surface area contributed by atoms with Gasteiger partial charge in [0.05, 0.1) is 29.5 Å². The number of piperidine rings is 1. The molecule has 4 heterocycles. The van der Waals surface area contributed by atoms with Crippen LogP contribution in [0.4, 0.5) is 17.2 Å². The molecule has 2 aromatic rings. The summed E-state index contributed by atoms with van der Waals surface area (Å²) >= 11 is 0. The third-order valence-corrected chi connectivity index (χ3v) is 10.5. The van der Waals surface area contributed by atoms with Crippen LogP contribution in [0.1, 0.15) is 50.4 Å². The molecule has 3 aliphatic rings. The Morgan fingerprint density at radius 1 is 1.23 bits per heavy atom.